The van der Waals surface area contributed by atoms with E-state index < -0.39 is 0 Å². The number of hydrogen-bond donors (Lipinski definition) is 0. The standard InChI is InChI=1S/C13H20BrNS/c1-2-11-4-3-8-15(9-7-11)10-12-5-6-13(14)16-12/h5-6,11H,2-4,7-10H2,1H3. The third kappa shape index (κ3) is 3.57. The van der Waals surface area contributed by atoms with Gasteiger partial charge in [-0.25, -0.2) is 0 Å². The maximum atomic E-state index is 3.53. The zero-order valence-corrected chi connectivity index (χ0v) is 12.3. The maximum absolute atomic E-state index is 3.53. The number of hydrogen-bond acceptors (Lipinski definition) is 2. The average molecular weight is 302 g/mol. The third-order valence-electron chi connectivity index (χ3n) is 3.53. The molecule has 1 aliphatic heterocycles. The van der Waals surface area contributed by atoms with Crippen molar-refractivity contribution in [3.8, 4) is 0 Å². The highest BCUT2D eigenvalue weighted by Gasteiger charge is 2.16. The Bertz CT molecular complexity index is 323. The summed E-state index contributed by atoms with van der Waals surface area (Å²) in [7, 11) is 0. The second-order valence-corrected chi connectivity index (χ2v) is 7.23. The molecule has 1 aromatic heterocycles. The molecule has 90 valence electrons. The van der Waals surface area contributed by atoms with Crippen LogP contribution in [-0.4, -0.2) is 18.0 Å². The van der Waals surface area contributed by atoms with Crippen LogP contribution in [0.4, 0.5) is 0 Å². The van der Waals surface area contributed by atoms with Crippen LogP contribution in [0.5, 0.6) is 0 Å². The van der Waals surface area contributed by atoms with Gasteiger partial charge in [0.15, 0.2) is 0 Å². The van der Waals surface area contributed by atoms with Crippen molar-refractivity contribution in [1.82, 2.24) is 4.90 Å². The minimum Gasteiger partial charge on any atom is -0.298 e. The number of thiophene rings is 1. The summed E-state index contributed by atoms with van der Waals surface area (Å²) < 4.78 is 1.25. The molecule has 16 heavy (non-hydrogen) atoms. The van der Waals surface area contributed by atoms with Crippen molar-refractivity contribution >= 4 is 27.3 Å². The Morgan fingerprint density at radius 2 is 2.25 bits per heavy atom. The van der Waals surface area contributed by atoms with E-state index in [1.165, 1.54) is 47.4 Å². The Morgan fingerprint density at radius 1 is 1.38 bits per heavy atom. The lowest BCUT2D eigenvalue weighted by Crippen LogP contribution is -2.23. The minimum absolute atomic E-state index is 0.972. The molecule has 3 heteroatoms. The predicted molar refractivity (Wildman–Crippen MR) is 74.9 cm³/mol. The predicted octanol–water partition coefficient (Wildman–Crippen LogP) is 4.52. The summed E-state index contributed by atoms with van der Waals surface area (Å²) in [5.74, 6) is 0.972. The van der Waals surface area contributed by atoms with Crippen LogP contribution in [0.25, 0.3) is 0 Å². The van der Waals surface area contributed by atoms with E-state index >= 15 is 0 Å². The molecule has 0 saturated carbocycles. The van der Waals surface area contributed by atoms with Crippen LogP contribution in [0.3, 0.4) is 0 Å². The monoisotopic (exact) mass is 301 g/mol. The van der Waals surface area contributed by atoms with Gasteiger partial charge in [-0.1, -0.05) is 13.3 Å². The minimum atomic E-state index is 0.972. The lowest BCUT2D eigenvalue weighted by Gasteiger charge is -2.18. The van der Waals surface area contributed by atoms with Crippen LogP contribution in [0, 0.1) is 5.92 Å². The molecule has 1 nitrogen and oxygen atoms in total. The van der Waals surface area contributed by atoms with E-state index in [2.05, 4.69) is 39.9 Å². The zero-order valence-electron chi connectivity index (χ0n) is 9.92. The van der Waals surface area contributed by atoms with E-state index in [1.807, 2.05) is 11.3 Å². The fourth-order valence-electron chi connectivity index (χ4n) is 2.45. The summed E-state index contributed by atoms with van der Waals surface area (Å²) >= 11 is 5.40. The summed E-state index contributed by atoms with van der Waals surface area (Å²) in [6.07, 6.45) is 5.56. The van der Waals surface area contributed by atoms with Gasteiger partial charge in [0.25, 0.3) is 0 Å². The topological polar surface area (TPSA) is 3.24 Å². The van der Waals surface area contributed by atoms with Gasteiger partial charge in [0.2, 0.25) is 0 Å². The van der Waals surface area contributed by atoms with Gasteiger partial charge in [-0.2, -0.15) is 0 Å². The lowest BCUT2D eigenvalue weighted by molar-refractivity contribution is 0.274. The van der Waals surface area contributed by atoms with Gasteiger partial charge in [-0.3, -0.25) is 4.90 Å². The molecule has 0 N–H and O–H groups in total. The molecule has 0 amide bonds. The molecule has 0 spiro atoms. The van der Waals surface area contributed by atoms with Crippen molar-refractivity contribution in [1.29, 1.82) is 0 Å². The van der Waals surface area contributed by atoms with Crippen molar-refractivity contribution in [2.45, 2.75) is 39.2 Å². The maximum Gasteiger partial charge on any atom is 0.0701 e. The quantitative estimate of drug-likeness (QED) is 0.793. The molecule has 1 atom stereocenters. The normalized spacial score (nSPS) is 23.2. The number of nitrogens with zero attached hydrogens (tertiary/aromatic N) is 1. The molecular formula is C13H20BrNS. The average Bonchev–Trinajstić information content (AvgIpc) is 2.55. The van der Waals surface area contributed by atoms with Crippen molar-refractivity contribution in [3.05, 3.63) is 20.8 Å². The van der Waals surface area contributed by atoms with Gasteiger partial charge in [0.05, 0.1) is 3.79 Å². The van der Waals surface area contributed by atoms with Gasteiger partial charge < -0.3 is 0 Å². The largest absolute Gasteiger partial charge is 0.298 e. The first kappa shape index (κ1) is 12.6. The van der Waals surface area contributed by atoms with E-state index in [0.29, 0.717) is 0 Å². The van der Waals surface area contributed by atoms with Gasteiger partial charge in [0.1, 0.15) is 0 Å². The Hall–Kier alpha value is 0.140. The Kier molecular flexibility index (Phi) is 4.86. The zero-order chi connectivity index (χ0) is 11.4. The van der Waals surface area contributed by atoms with Crippen molar-refractivity contribution < 1.29 is 0 Å². The van der Waals surface area contributed by atoms with Crippen LogP contribution >= 0.6 is 27.3 Å². The Morgan fingerprint density at radius 3 is 2.94 bits per heavy atom. The molecule has 2 rings (SSSR count). The van der Waals surface area contributed by atoms with Gasteiger partial charge >= 0.3 is 0 Å². The molecule has 0 radical (unpaired) electrons. The van der Waals surface area contributed by atoms with Crippen LogP contribution in [0.15, 0.2) is 15.9 Å². The van der Waals surface area contributed by atoms with E-state index in [-0.39, 0.29) is 0 Å². The van der Waals surface area contributed by atoms with Crippen molar-refractivity contribution in [2.75, 3.05) is 13.1 Å². The van der Waals surface area contributed by atoms with Crippen LogP contribution in [-0.2, 0) is 6.54 Å². The molecule has 1 aliphatic rings. The molecule has 2 heterocycles. The van der Waals surface area contributed by atoms with Crippen LogP contribution < -0.4 is 0 Å². The highest BCUT2D eigenvalue weighted by atomic mass is 79.9. The Labute approximate surface area is 111 Å². The molecule has 1 fully saturated rings. The summed E-state index contributed by atoms with van der Waals surface area (Å²) in [6.45, 7) is 6.05. The molecule has 1 aromatic rings. The molecule has 0 bridgehead atoms. The highest BCUT2D eigenvalue weighted by Crippen LogP contribution is 2.25. The molecule has 0 aliphatic carbocycles. The first-order valence-electron chi connectivity index (χ1n) is 6.24. The summed E-state index contributed by atoms with van der Waals surface area (Å²) in [4.78, 5) is 4.11. The molecule has 0 aromatic carbocycles. The first-order valence-corrected chi connectivity index (χ1v) is 7.85. The van der Waals surface area contributed by atoms with Gasteiger partial charge in [-0.05, 0) is 66.3 Å². The second-order valence-electron chi connectivity index (χ2n) is 4.69. The lowest BCUT2D eigenvalue weighted by atomic mass is 9.98. The molecular weight excluding hydrogens is 282 g/mol. The van der Waals surface area contributed by atoms with Gasteiger partial charge in [-0.15, -0.1) is 11.3 Å². The first-order chi connectivity index (χ1) is 7.78. The smallest absolute Gasteiger partial charge is 0.0701 e. The van der Waals surface area contributed by atoms with Crippen LogP contribution in [0.1, 0.15) is 37.5 Å². The summed E-state index contributed by atoms with van der Waals surface area (Å²) in [5.41, 5.74) is 0. The number of likely N-dealkylation sites (tertiary alicyclic amines) is 1. The Balaban J connectivity index is 1.86. The SMILES string of the molecule is CCC1CCCN(Cc2ccc(Br)s2)CC1. The fourth-order valence-corrected chi connectivity index (χ4v) is 3.97. The van der Waals surface area contributed by atoms with Gasteiger partial charge in [0, 0.05) is 11.4 Å². The summed E-state index contributed by atoms with van der Waals surface area (Å²) in [6, 6.07) is 4.41. The van der Waals surface area contributed by atoms with E-state index in [1.54, 1.807) is 0 Å². The fraction of sp³-hybridized carbons (Fsp3) is 0.692. The number of halogens is 1. The second kappa shape index (κ2) is 6.18. The number of rotatable bonds is 3. The molecule has 1 saturated heterocycles. The van der Waals surface area contributed by atoms with Crippen LogP contribution in [0.2, 0.25) is 0 Å². The van der Waals surface area contributed by atoms with E-state index in [4.69, 9.17) is 0 Å². The summed E-state index contributed by atoms with van der Waals surface area (Å²) in [5, 5.41) is 0. The molecule has 1 unspecified atom stereocenters. The van der Waals surface area contributed by atoms with Crippen molar-refractivity contribution in [3.63, 3.8) is 0 Å². The highest BCUT2D eigenvalue weighted by molar-refractivity contribution is 9.11. The van der Waals surface area contributed by atoms with E-state index in [0.717, 1.165) is 12.5 Å². The third-order valence-corrected chi connectivity index (χ3v) is 5.13. The van der Waals surface area contributed by atoms with Crippen molar-refractivity contribution in [2.24, 2.45) is 5.92 Å². The van der Waals surface area contributed by atoms with E-state index in [9.17, 15) is 0 Å².